The van der Waals surface area contributed by atoms with Gasteiger partial charge in [0.05, 0.1) is 17.9 Å². The molecule has 1 atom stereocenters. The maximum Gasteiger partial charge on any atom is 0.320 e. The average molecular weight is 350 g/mol. The van der Waals surface area contributed by atoms with Gasteiger partial charge >= 0.3 is 5.97 Å². The van der Waals surface area contributed by atoms with E-state index in [1.165, 1.54) is 0 Å². The molecule has 1 fully saturated rings. The first kappa shape index (κ1) is 16.8. The number of fused-ring (bicyclic) bond motifs is 2. The number of nitrogens with zero attached hydrogens (tertiary/aromatic N) is 2. The topological polar surface area (TPSA) is 60.9 Å². The highest BCUT2D eigenvalue weighted by Crippen LogP contribution is 2.36. The quantitative estimate of drug-likeness (QED) is 0.924. The lowest BCUT2D eigenvalue weighted by Crippen LogP contribution is -2.43. The predicted molar refractivity (Wildman–Crippen MR) is 99.7 cm³/mol. The summed E-state index contributed by atoms with van der Waals surface area (Å²) in [4.78, 5) is 28.3. The highest BCUT2D eigenvalue weighted by molar-refractivity contribution is 6.03. The number of para-hydroxylation sites is 2. The summed E-state index contributed by atoms with van der Waals surface area (Å²) >= 11 is 0. The Hall–Kier alpha value is -2.66. The summed E-state index contributed by atoms with van der Waals surface area (Å²) in [6, 6.07) is 15.4. The van der Waals surface area contributed by atoms with Crippen molar-refractivity contribution in [1.29, 1.82) is 0 Å². The van der Waals surface area contributed by atoms with Crippen molar-refractivity contribution >= 4 is 23.3 Å². The zero-order chi connectivity index (χ0) is 18.1. The molecule has 5 nitrogen and oxygen atoms in total. The number of likely N-dealkylation sites (tertiary alicyclic amines) is 1. The number of carbonyl (C=O) groups excluding carboxylic acids is 1. The van der Waals surface area contributed by atoms with E-state index in [4.69, 9.17) is 0 Å². The van der Waals surface area contributed by atoms with Gasteiger partial charge in [-0.3, -0.25) is 19.4 Å². The third-order valence-electron chi connectivity index (χ3n) is 5.37. The number of benzene rings is 2. The van der Waals surface area contributed by atoms with Gasteiger partial charge in [-0.05, 0) is 55.5 Å². The van der Waals surface area contributed by atoms with Crippen LogP contribution >= 0.6 is 0 Å². The van der Waals surface area contributed by atoms with Crippen molar-refractivity contribution in [2.75, 3.05) is 18.0 Å². The zero-order valence-corrected chi connectivity index (χ0v) is 14.6. The summed E-state index contributed by atoms with van der Waals surface area (Å²) < 4.78 is 0. The molecule has 4 rings (SSSR count). The molecule has 0 spiro atoms. The molecule has 2 aromatic rings. The van der Waals surface area contributed by atoms with Crippen LogP contribution in [0.2, 0.25) is 0 Å². The number of carboxylic acid groups (broad SMARTS) is 1. The molecule has 2 aromatic carbocycles. The zero-order valence-electron chi connectivity index (χ0n) is 14.6. The second-order valence-electron chi connectivity index (χ2n) is 6.95. The van der Waals surface area contributed by atoms with Gasteiger partial charge in [0.25, 0.3) is 0 Å². The molecule has 2 heterocycles. The van der Waals surface area contributed by atoms with Gasteiger partial charge in [-0.25, -0.2) is 0 Å². The lowest BCUT2D eigenvalue weighted by atomic mass is 10.0. The first-order valence-electron chi connectivity index (χ1n) is 9.11. The second-order valence-corrected chi connectivity index (χ2v) is 6.95. The Morgan fingerprint density at radius 1 is 0.962 bits per heavy atom. The van der Waals surface area contributed by atoms with E-state index in [2.05, 4.69) is 12.1 Å². The average Bonchev–Trinajstić information content (AvgIpc) is 3.03. The number of amides is 1. The fourth-order valence-corrected chi connectivity index (χ4v) is 4.09. The predicted octanol–water partition coefficient (Wildman–Crippen LogP) is 3.00. The summed E-state index contributed by atoms with van der Waals surface area (Å²) in [5, 5.41) is 9.40. The van der Waals surface area contributed by atoms with Crippen LogP contribution in [0.5, 0.6) is 0 Å². The number of hydrogen-bond donors (Lipinski definition) is 1. The Kier molecular flexibility index (Phi) is 4.47. The number of carboxylic acids is 1. The van der Waals surface area contributed by atoms with E-state index in [1.807, 2.05) is 36.4 Å². The summed E-state index contributed by atoms with van der Waals surface area (Å²) in [7, 11) is 0. The summed E-state index contributed by atoms with van der Waals surface area (Å²) in [6.07, 6.45) is 3.20. The molecule has 1 N–H and O–H groups in total. The largest absolute Gasteiger partial charge is 0.480 e. The Labute approximate surface area is 152 Å². The van der Waals surface area contributed by atoms with Crippen LogP contribution in [0.25, 0.3) is 0 Å². The van der Waals surface area contributed by atoms with Crippen LogP contribution in [0.15, 0.2) is 48.5 Å². The lowest BCUT2D eigenvalue weighted by molar-refractivity contribution is -0.142. The highest BCUT2D eigenvalue weighted by atomic mass is 16.4. The normalized spacial score (nSPS) is 19.5. The van der Waals surface area contributed by atoms with Crippen LogP contribution in [0.1, 0.15) is 24.0 Å². The Balaban J connectivity index is 1.70. The molecule has 0 aliphatic carbocycles. The maximum atomic E-state index is 13.3. The molecular formula is C21H22N2O3. The summed E-state index contributed by atoms with van der Waals surface area (Å²) in [5.74, 6) is -0.910. The first-order chi connectivity index (χ1) is 12.6. The standard InChI is InChI=1S/C21H22N2O3/c24-20(14-22-13-5-10-19(22)21(25)26)23-17-8-3-1-6-15(17)11-12-16-7-2-4-9-18(16)23/h1-4,6-9,19H,5,10-14H2,(H,25,26)/t19-/m1/s1. The number of rotatable bonds is 3. The second kappa shape index (κ2) is 6.92. The smallest absolute Gasteiger partial charge is 0.320 e. The molecule has 26 heavy (non-hydrogen) atoms. The number of anilines is 2. The van der Waals surface area contributed by atoms with Crippen LogP contribution in [-0.2, 0) is 22.4 Å². The third kappa shape index (κ3) is 2.99. The van der Waals surface area contributed by atoms with Gasteiger partial charge in [-0.1, -0.05) is 36.4 Å². The molecule has 0 radical (unpaired) electrons. The molecule has 1 saturated heterocycles. The maximum absolute atomic E-state index is 13.3. The molecule has 0 unspecified atom stereocenters. The molecule has 0 saturated carbocycles. The van der Waals surface area contributed by atoms with Gasteiger partial charge < -0.3 is 5.11 Å². The monoisotopic (exact) mass is 350 g/mol. The Bertz CT molecular complexity index is 801. The molecule has 0 bridgehead atoms. The molecule has 134 valence electrons. The molecule has 2 aliphatic rings. The minimum atomic E-state index is -0.841. The van der Waals surface area contributed by atoms with Crippen LogP contribution in [0.4, 0.5) is 11.4 Å². The van der Waals surface area contributed by atoms with E-state index in [0.29, 0.717) is 13.0 Å². The van der Waals surface area contributed by atoms with Gasteiger partial charge in [0, 0.05) is 0 Å². The van der Waals surface area contributed by atoms with Crippen molar-refractivity contribution in [3.63, 3.8) is 0 Å². The van der Waals surface area contributed by atoms with E-state index in [9.17, 15) is 14.7 Å². The van der Waals surface area contributed by atoms with Crippen LogP contribution in [-0.4, -0.2) is 41.0 Å². The third-order valence-corrected chi connectivity index (χ3v) is 5.37. The van der Waals surface area contributed by atoms with Crippen LogP contribution in [0.3, 0.4) is 0 Å². The van der Waals surface area contributed by atoms with E-state index in [-0.39, 0.29) is 12.5 Å². The van der Waals surface area contributed by atoms with Gasteiger partial charge in [-0.2, -0.15) is 0 Å². The molecule has 1 amide bonds. The number of hydrogen-bond acceptors (Lipinski definition) is 3. The van der Waals surface area contributed by atoms with E-state index >= 15 is 0 Å². The van der Waals surface area contributed by atoms with Crippen LogP contribution in [0, 0.1) is 0 Å². The number of aliphatic carboxylic acids is 1. The summed E-state index contributed by atoms with van der Waals surface area (Å²) in [5.41, 5.74) is 4.11. The van der Waals surface area contributed by atoms with Crippen molar-refractivity contribution in [2.24, 2.45) is 0 Å². The fraction of sp³-hybridized carbons (Fsp3) is 0.333. The fourth-order valence-electron chi connectivity index (χ4n) is 4.09. The van der Waals surface area contributed by atoms with E-state index in [0.717, 1.165) is 41.8 Å². The Morgan fingerprint density at radius 3 is 2.12 bits per heavy atom. The molecular weight excluding hydrogens is 328 g/mol. The van der Waals surface area contributed by atoms with E-state index < -0.39 is 12.0 Å². The van der Waals surface area contributed by atoms with Crippen LogP contribution < -0.4 is 4.90 Å². The van der Waals surface area contributed by atoms with Gasteiger partial charge in [0.2, 0.25) is 5.91 Å². The van der Waals surface area contributed by atoms with Crippen molar-refractivity contribution < 1.29 is 14.7 Å². The number of carbonyl (C=O) groups is 2. The van der Waals surface area contributed by atoms with Crippen molar-refractivity contribution in [2.45, 2.75) is 31.7 Å². The molecule has 5 heteroatoms. The SMILES string of the molecule is O=C(O)[C@H]1CCCN1CC(=O)N1c2ccccc2CCc2ccccc21. The lowest BCUT2D eigenvalue weighted by Gasteiger charge is -2.28. The molecule has 2 aliphatic heterocycles. The van der Waals surface area contributed by atoms with Gasteiger partial charge in [0.15, 0.2) is 0 Å². The van der Waals surface area contributed by atoms with Gasteiger partial charge in [-0.15, -0.1) is 0 Å². The Morgan fingerprint density at radius 2 is 1.54 bits per heavy atom. The van der Waals surface area contributed by atoms with Crippen molar-refractivity contribution in [1.82, 2.24) is 4.90 Å². The minimum absolute atomic E-state index is 0.0695. The highest BCUT2D eigenvalue weighted by Gasteiger charge is 2.34. The summed E-state index contributed by atoms with van der Waals surface area (Å²) in [6.45, 7) is 0.777. The van der Waals surface area contributed by atoms with Gasteiger partial charge in [0.1, 0.15) is 6.04 Å². The molecule has 0 aromatic heterocycles. The van der Waals surface area contributed by atoms with E-state index in [1.54, 1.807) is 9.80 Å². The number of aryl methyl sites for hydroxylation is 2. The minimum Gasteiger partial charge on any atom is -0.480 e. The van der Waals surface area contributed by atoms with Crippen molar-refractivity contribution in [3.8, 4) is 0 Å². The van der Waals surface area contributed by atoms with Crippen molar-refractivity contribution in [3.05, 3.63) is 59.7 Å². The first-order valence-corrected chi connectivity index (χ1v) is 9.11.